The number of pyridine rings is 1. The van der Waals surface area contributed by atoms with E-state index in [1.807, 2.05) is 25.4 Å². The SMILES string of the molecule is CCNC(=NCCc1ccncc1C)N1CCC(C2(C)NC(=O)NC2=O)CC1. The van der Waals surface area contributed by atoms with Gasteiger partial charge >= 0.3 is 6.03 Å². The van der Waals surface area contributed by atoms with Crippen LogP contribution in [-0.2, 0) is 11.2 Å². The van der Waals surface area contributed by atoms with E-state index in [-0.39, 0.29) is 11.8 Å². The van der Waals surface area contributed by atoms with Gasteiger partial charge < -0.3 is 15.5 Å². The molecule has 8 nitrogen and oxygen atoms in total. The zero-order valence-electron chi connectivity index (χ0n) is 16.9. The van der Waals surface area contributed by atoms with Gasteiger partial charge in [-0.15, -0.1) is 0 Å². The highest BCUT2D eigenvalue weighted by Crippen LogP contribution is 2.30. The second-order valence-electron chi connectivity index (χ2n) is 7.66. The molecular weight excluding hydrogens is 356 g/mol. The van der Waals surface area contributed by atoms with Crippen LogP contribution in [-0.4, -0.2) is 59.5 Å². The highest BCUT2D eigenvalue weighted by Gasteiger charge is 2.48. The Kier molecular flexibility index (Phi) is 6.16. The Balaban J connectivity index is 1.59. The summed E-state index contributed by atoms with van der Waals surface area (Å²) in [5, 5.41) is 8.55. The highest BCUT2D eigenvalue weighted by molar-refractivity contribution is 6.07. The van der Waals surface area contributed by atoms with Gasteiger partial charge in [0.1, 0.15) is 5.54 Å². The van der Waals surface area contributed by atoms with Crippen LogP contribution in [0.1, 0.15) is 37.8 Å². The molecule has 2 fully saturated rings. The zero-order chi connectivity index (χ0) is 20.1. The largest absolute Gasteiger partial charge is 0.357 e. The van der Waals surface area contributed by atoms with E-state index < -0.39 is 11.6 Å². The van der Waals surface area contributed by atoms with Gasteiger partial charge in [-0.2, -0.15) is 0 Å². The van der Waals surface area contributed by atoms with Crippen LogP contribution in [0.3, 0.4) is 0 Å². The Morgan fingerprint density at radius 3 is 2.75 bits per heavy atom. The number of likely N-dealkylation sites (tertiary alicyclic amines) is 1. The Labute approximate surface area is 166 Å². The van der Waals surface area contributed by atoms with Crippen molar-refractivity contribution in [3.63, 3.8) is 0 Å². The number of aliphatic imine (C=N–C) groups is 1. The molecule has 1 unspecified atom stereocenters. The van der Waals surface area contributed by atoms with Gasteiger partial charge in [-0.05, 0) is 63.1 Å². The first-order valence-corrected chi connectivity index (χ1v) is 10.0. The summed E-state index contributed by atoms with van der Waals surface area (Å²) in [6.07, 6.45) is 6.24. The minimum Gasteiger partial charge on any atom is -0.357 e. The Morgan fingerprint density at radius 1 is 1.39 bits per heavy atom. The first kappa shape index (κ1) is 20.1. The summed E-state index contributed by atoms with van der Waals surface area (Å²) in [7, 11) is 0. The molecule has 3 N–H and O–H groups in total. The number of aromatic nitrogens is 1. The van der Waals surface area contributed by atoms with Crippen molar-refractivity contribution in [3.8, 4) is 0 Å². The molecule has 28 heavy (non-hydrogen) atoms. The molecule has 1 atom stereocenters. The summed E-state index contributed by atoms with van der Waals surface area (Å²) in [6.45, 7) is 9.10. The Hall–Kier alpha value is -2.64. The van der Waals surface area contributed by atoms with Crippen LogP contribution in [0, 0.1) is 12.8 Å². The summed E-state index contributed by atoms with van der Waals surface area (Å²) >= 11 is 0. The molecule has 2 aliphatic heterocycles. The van der Waals surface area contributed by atoms with Gasteiger partial charge in [0.15, 0.2) is 5.96 Å². The molecule has 0 bridgehead atoms. The van der Waals surface area contributed by atoms with Gasteiger partial charge in [-0.25, -0.2) is 4.79 Å². The third-order valence-corrected chi connectivity index (χ3v) is 5.80. The van der Waals surface area contributed by atoms with E-state index in [9.17, 15) is 9.59 Å². The number of hydrogen-bond donors (Lipinski definition) is 3. The van der Waals surface area contributed by atoms with Crippen molar-refractivity contribution in [2.24, 2.45) is 10.9 Å². The number of aryl methyl sites for hydroxylation is 1. The summed E-state index contributed by atoms with van der Waals surface area (Å²) in [5.74, 6) is 0.819. The standard InChI is InChI=1S/C20H30N6O2/c1-4-22-18(23-10-6-15-5-9-21-13-14(15)2)26-11-7-16(8-12-26)20(3)17(27)24-19(28)25-20/h5,9,13,16H,4,6-8,10-12H2,1-3H3,(H,22,23)(H2,24,25,27,28). The molecule has 3 amide bonds. The fraction of sp³-hybridized carbons (Fsp3) is 0.600. The highest BCUT2D eigenvalue weighted by atomic mass is 16.2. The quantitative estimate of drug-likeness (QED) is 0.401. The molecule has 152 valence electrons. The third kappa shape index (κ3) is 4.26. The van der Waals surface area contributed by atoms with E-state index in [4.69, 9.17) is 4.99 Å². The fourth-order valence-electron chi connectivity index (χ4n) is 4.00. The summed E-state index contributed by atoms with van der Waals surface area (Å²) in [5.41, 5.74) is 1.65. The lowest BCUT2D eigenvalue weighted by Crippen LogP contribution is -2.55. The third-order valence-electron chi connectivity index (χ3n) is 5.80. The van der Waals surface area contributed by atoms with Crippen molar-refractivity contribution in [1.29, 1.82) is 0 Å². The van der Waals surface area contributed by atoms with Crippen molar-refractivity contribution in [1.82, 2.24) is 25.8 Å². The van der Waals surface area contributed by atoms with E-state index in [0.29, 0.717) is 6.54 Å². The molecule has 2 saturated heterocycles. The first-order valence-electron chi connectivity index (χ1n) is 10.0. The number of amides is 3. The minimum atomic E-state index is -0.808. The van der Waals surface area contributed by atoms with Crippen molar-refractivity contribution in [3.05, 3.63) is 29.6 Å². The van der Waals surface area contributed by atoms with E-state index in [0.717, 1.165) is 44.9 Å². The maximum absolute atomic E-state index is 12.2. The van der Waals surface area contributed by atoms with E-state index >= 15 is 0 Å². The molecule has 2 aliphatic rings. The molecule has 0 saturated carbocycles. The normalized spacial score (nSPS) is 23.5. The molecule has 0 radical (unpaired) electrons. The average molecular weight is 387 g/mol. The number of nitrogens with one attached hydrogen (secondary N) is 3. The number of rotatable bonds is 5. The predicted molar refractivity (Wildman–Crippen MR) is 108 cm³/mol. The van der Waals surface area contributed by atoms with Crippen molar-refractivity contribution in [2.75, 3.05) is 26.2 Å². The van der Waals surface area contributed by atoms with E-state index in [1.165, 1.54) is 11.1 Å². The van der Waals surface area contributed by atoms with Gasteiger partial charge in [-0.1, -0.05) is 0 Å². The molecule has 3 rings (SSSR count). The van der Waals surface area contributed by atoms with Gasteiger partial charge in [-0.3, -0.25) is 20.1 Å². The number of urea groups is 1. The number of imide groups is 1. The number of hydrogen-bond acceptors (Lipinski definition) is 4. The van der Waals surface area contributed by atoms with Crippen LogP contribution in [0.25, 0.3) is 0 Å². The van der Waals surface area contributed by atoms with Crippen molar-refractivity contribution >= 4 is 17.9 Å². The molecule has 8 heteroatoms. The Bertz CT molecular complexity index is 757. The topological polar surface area (TPSA) is 98.7 Å². The average Bonchev–Trinajstić information content (AvgIpc) is 2.95. The van der Waals surface area contributed by atoms with Gasteiger partial charge in [0, 0.05) is 38.6 Å². The maximum Gasteiger partial charge on any atom is 0.322 e. The van der Waals surface area contributed by atoms with Crippen molar-refractivity contribution < 1.29 is 9.59 Å². The lowest BCUT2D eigenvalue weighted by atomic mass is 9.79. The van der Waals surface area contributed by atoms with Crippen LogP contribution in [0.15, 0.2) is 23.5 Å². The number of carbonyl (C=O) groups is 2. The Morgan fingerprint density at radius 2 is 2.14 bits per heavy atom. The number of piperidine rings is 1. The lowest BCUT2D eigenvalue weighted by Gasteiger charge is -2.39. The molecule has 0 spiro atoms. The predicted octanol–water partition coefficient (Wildman–Crippen LogP) is 1.21. The summed E-state index contributed by atoms with van der Waals surface area (Å²) in [6, 6.07) is 1.65. The molecule has 1 aromatic rings. The van der Waals surface area contributed by atoms with Crippen LogP contribution >= 0.6 is 0 Å². The number of carbonyl (C=O) groups excluding carboxylic acids is 2. The minimum absolute atomic E-state index is 0.123. The van der Waals surface area contributed by atoms with Crippen LogP contribution in [0.2, 0.25) is 0 Å². The first-order chi connectivity index (χ1) is 13.4. The van der Waals surface area contributed by atoms with Crippen LogP contribution < -0.4 is 16.0 Å². The van der Waals surface area contributed by atoms with Gasteiger partial charge in [0.05, 0.1) is 0 Å². The second kappa shape index (κ2) is 8.58. The fourth-order valence-corrected chi connectivity index (χ4v) is 4.00. The maximum atomic E-state index is 12.2. The summed E-state index contributed by atoms with van der Waals surface area (Å²) in [4.78, 5) is 34.9. The second-order valence-corrected chi connectivity index (χ2v) is 7.66. The van der Waals surface area contributed by atoms with Crippen molar-refractivity contribution in [2.45, 2.75) is 45.6 Å². The number of guanidine groups is 1. The van der Waals surface area contributed by atoms with E-state index in [1.54, 1.807) is 0 Å². The van der Waals surface area contributed by atoms with Gasteiger partial charge in [0.2, 0.25) is 0 Å². The number of nitrogens with zero attached hydrogens (tertiary/aromatic N) is 3. The monoisotopic (exact) mass is 386 g/mol. The molecule has 3 heterocycles. The smallest absolute Gasteiger partial charge is 0.322 e. The van der Waals surface area contributed by atoms with E-state index in [2.05, 4.69) is 39.7 Å². The molecule has 1 aromatic heterocycles. The molecule has 0 aromatic carbocycles. The summed E-state index contributed by atoms with van der Waals surface area (Å²) < 4.78 is 0. The molecular formula is C20H30N6O2. The van der Waals surface area contributed by atoms with Crippen LogP contribution in [0.5, 0.6) is 0 Å². The molecule has 0 aliphatic carbocycles. The lowest BCUT2D eigenvalue weighted by molar-refractivity contribution is -0.125. The zero-order valence-corrected chi connectivity index (χ0v) is 16.9. The van der Waals surface area contributed by atoms with Gasteiger partial charge in [0.25, 0.3) is 5.91 Å². The van der Waals surface area contributed by atoms with Crippen LogP contribution in [0.4, 0.5) is 4.79 Å².